The van der Waals surface area contributed by atoms with Crippen LogP contribution in [0, 0.1) is 20.8 Å². The molecular formula is C42H34F6O2S2. The van der Waals surface area contributed by atoms with Crippen LogP contribution in [0.5, 0.6) is 11.5 Å². The first-order valence-electron chi connectivity index (χ1n) is 16.2. The summed E-state index contributed by atoms with van der Waals surface area (Å²) in [6, 6.07) is 19.7. The lowest BCUT2D eigenvalue weighted by atomic mass is 9.91. The highest BCUT2D eigenvalue weighted by Gasteiger charge is 2.80. The minimum absolute atomic E-state index is 0.212. The van der Waals surface area contributed by atoms with E-state index in [1.807, 2.05) is 66.8 Å². The predicted molar refractivity (Wildman–Crippen MR) is 204 cm³/mol. The maximum absolute atomic E-state index is 15.9. The molecule has 0 spiro atoms. The number of benzene rings is 3. The molecule has 52 heavy (non-hydrogen) atoms. The molecule has 2 nitrogen and oxygen atoms in total. The third-order valence-electron chi connectivity index (χ3n) is 8.98. The molecule has 5 aromatic rings. The molecular weight excluding hydrogens is 715 g/mol. The maximum Gasteiger partial charge on any atom is 0.380 e. The topological polar surface area (TPSA) is 18.5 Å². The number of methoxy groups -OCH3 is 2. The first kappa shape index (κ1) is 37.0. The van der Waals surface area contributed by atoms with Crippen LogP contribution in [0.15, 0.2) is 91.0 Å². The van der Waals surface area contributed by atoms with Gasteiger partial charge in [0.2, 0.25) is 0 Å². The lowest BCUT2D eigenvalue weighted by molar-refractivity contribution is -0.254. The Bertz CT molecular complexity index is 2270. The van der Waals surface area contributed by atoms with Gasteiger partial charge in [0, 0.05) is 47.0 Å². The van der Waals surface area contributed by atoms with Crippen molar-refractivity contribution in [2.24, 2.45) is 0 Å². The second-order valence-electron chi connectivity index (χ2n) is 12.3. The Morgan fingerprint density at radius 1 is 0.538 bits per heavy atom. The molecule has 0 fully saturated rings. The molecule has 3 aromatic carbocycles. The number of fused-ring (bicyclic) bond motifs is 1. The van der Waals surface area contributed by atoms with Crippen LogP contribution in [0.25, 0.3) is 45.5 Å². The molecule has 2 aromatic heterocycles. The van der Waals surface area contributed by atoms with Crippen molar-refractivity contribution in [3.8, 4) is 11.5 Å². The van der Waals surface area contributed by atoms with E-state index < -0.39 is 28.9 Å². The van der Waals surface area contributed by atoms with E-state index in [9.17, 15) is 0 Å². The Balaban J connectivity index is 1.38. The molecule has 0 saturated heterocycles. The van der Waals surface area contributed by atoms with E-state index in [1.165, 1.54) is 26.8 Å². The second-order valence-corrected chi connectivity index (χ2v) is 14.8. The molecule has 10 heteroatoms. The van der Waals surface area contributed by atoms with E-state index >= 15 is 26.3 Å². The van der Waals surface area contributed by atoms with Gasteiger partial charge in [-0.05, 0) is 79.4 Å². The average molecular weight is 749 g/mol. The average Bonchev–Trinajstić information content (AvgIpc) is 3.62. The van der Waals surface area contributed by atoms with Gasteiger partial charge in [-0.25, -0.2) is 0 Å². The van der Waals surface area contributed by atoms with Gasteiger partial charge in [-0.2, -0.15) is 26.3 Å². The Labute approximate surface area is 306 Å². The molecule has 0 atom stereocenters. The predicted octanol–water partition coefficient (Wildman–Crippen LogP) is 13.2. The van der Waals surface area contributed by atoms with Gasteiger partial charge >= 0.3 is 17.8 Å². The summed E-state index contributed by atoms with van der Waals surface area (Å²) in [6.45, 7) is 4.49. The maximum atomic E-state index is 15.9. The Hall–Kier alpha value is -4.80. The highest BCUT2D eigenvalue weighted by molar-refractivity contribution is 7.19. The van der Waals surface area contributed by atoms with Gasteiger partial charge in [0.25, 0.3) is 0 Å². The number of hydrogen-bond donors (Lipinski definition) is 0. The monoisotopic (exact) mass is 748 g/mol. The summed E-state index contributed by atoms with van der Waals surface area (Å²) >= 11 is 2.19. The van der Waals surface area contributed by atoms with Crippen molar-refractivity contribution >= 4 is 68.2 Å². The number of rotatable bonds is 10. The van der Waals surface area contributed by atoms with Crippen molar-refractivity contribution in [2.75, 3.05) is 14.2 Å². The number of alkyl halides is 6. The van der Waals surface area contributed by atoms with E-state index in [0.29, 0.717) is 15.3 Å². The smallest absolute Gasteiger partial charge is 0.380 e. The van der Waals surface area contributed by atoms with Crippen LogP contribution in [-0.4, -0.2) is 32.0 Å². The third-order valence-corrected chi connectivity index (χ3v) is 11.2. The summed E-state index contributed by atoms with van der Waals surface area (Å²) in [6.07, 6.45) is 14.3. The number of ether oxygens (including phenoxy) is 2. The molecule has 0 bridgehead atoms. The number of thiophene rings is 2. The normalized spacial score (nSPS) is 16.8. The summed E-state index contributed by atoms with van der Waals surface area (Å²) in [5.74, 6) is -14.5. The van der Waals surface area contributed by atoms with Gasteiger partial charge in [-0.3, -0.25) is 0 Å². The largest absolute Gasteiger partial charge is 0.497 e. The van der Waals surface area contributed by atoms with Crippen LogP contribution in [0.3, 0.4) is 0 Å². The third kappa shape index (κ3) is 6.54. The summed E-state index contributed by atoms with van der Waals surface area (Å²) in [7, 11) is 3.16. The first-order valence-corrected chi connectivity index (χ1v) is 17.8. The minimum Gasteiger partial charge on any atom is -0.497 e. The number of hydrogen-bond acceptors (Lipinski definition) is 4. The van der Waals surface area contributed by atoms with E-state index in [-0.39, 0.29) is 31.8 Å². The molecule has 6 rings (SSSR count). The van der Waals surface area contributed by atoms with Crippen LogP contribution < -0.4 is 9.47 Å². The highest BCUT2D eigenvalue weighted by Crippen LogP contribution is 2.66. The van der Waals surface area contributed by atoms with Crippen molar-refractivity contribution < 1.29 is 35.8 Å². The van der Waals surface area contributed by atoms with Gasteiger partial charge in [-0.1, -0.05) is 78.9 Å². The Morgan fingerprint density at radius 2 is 0.981 bits per heavy atom. The van der Waals surface area contributed by atoms with Gasteiger partial charge in [0.05, 0.1) is 14.2 Å². The van der Waals surface area contributed by atoms with Crippen molar-refractivity contribution in [3.05, 3.63) is 139 Å². The zero-order valence-corrected chi connectivity index (χ0v) is 30.5. The van der Waals surface area contributed by atoms with Gasteiger partial charge in [0.1, 0.15) is 11.5 Å². The van der Waals surface area contributed by atoms with Crippen LogP contribution in [-0.2, 0) is 0 Å². The van der Waals surface area contributed by atoms with Crippen LogP contribution in [0.2, 0.25) is 0 Å². The van der Waals surface area contributed by atoms with Crippen LogP contribution in [0.4, 0.5) is 26.3 Å². The van der Waals surface area contributed by atoms with E-state index in [2.05, 4.69) is 0 Å². The van der Waals surface area contributed by atoms with E-state index in [4.69, 9.17) is 9.47 Å². The molecule has 0 aliphatic heterocycles. The van der Waals surface area contributed by atoms with Crippen LogP contribution in [0.1, 0.15) is 48.0 Å². The van der Waals surface area contributed by atoms with Crippen molar-refractivity contribution in [2.45, 2.75) is 38.5 Å². The molecule has 1 aliphatic rings. The van der Waals surface area contributed by atoms with Crippen molar-refractivity contribution in [1.29, 1.82) is 0 Å². The summed E-state index contributed by atoms with van der Waals surface area (Å²) < 4.78 is 105. The minimum atomic E-state index is -5.65. The summed E-state index contributed by atoms with van der Waals surface area (Å²) in [4.78, 5) is 0.979. The SMILES string of the molecule is COc1ccc(C=CC=Cc2ccc3c(C4=C(c5c(C)sc(C=CC=Cc6ccc(OC)cc6)c5C)C(F)(F)C(F)(F)C4(F)F)c(C)sc3c2)cc1. The number of allylic oxidation sites excluding steroid dienone is 6. The molecule has 1 aliphatic carbocycles. The molecule has 0 unspecified atom stereocenters. The lowest BCUT2D eigenvalue weighted by Gasteiger charge is -2.26. The molecule has 0 N–H and O–H groups in total. The fraction of sp³-hybridized carbons (Fsp3) is 0.190. The standard InChI is InChI=1S/C42H34F6O2S2/c1-25-34(13-9-8-11-29-16-21-32(50-5)22-17-29)51-26(2)36(25)38-39(41(45,46)42(47,48)40(38,43)44)37-27(3)52-35-24-30(18-23-33(35)37)12-7-6-10-28-14-19-31(49-4)20-15-28/h6-24H,1-5H3. The van der Waals surface area contributed by atoms with Gasteiger partial charge in [-0.15, -0.1) is 22.7 Å². The number of aryl methyl sites for hydroxylation is 2. The molecule has 0 saturated carbocycles. The molecule has 0 radical (unpaired) electrons. The quantitative estimate of drug-likeness (QED) is 0.105. The molecule has 268 valence electrons. The first-order chi connectivity index (χ1) is 24.7. The Morgan fingerprint density at radius 3 is 1.50 bits per heavy atom. The van der Waals surface area contributed by atoms with E-state index in [0.717, 1.165) is 45.1 Å². The van der Waals surface area contributed by atoms with Gasteiger partial charge < -0.3 is 9.47 Å². The van der Waals surface area contributed by atoms with E-state index in [1.54, 1.807) is 56.7 Å². The summed E-state index contributed by atoms with van der Waals surface area (Å²) in [5, 5.41) is 0.212. The fourth-order valence-corrected chi connectivity index (χ4v) is 8.52. The van der Waals surface area contributed by atoms with Crippen molar-refractivity contribution in [3.63, 3.8) is 0 Å². The highest BCUT2D eigenvalue weighted by atomic mass is 32.1. The number of halogens is 6. The zero-order valence-electron chi connectivity index (χ0n) is 28.9. The zero-order chi connectivity index (χ0) is 37.4. The molecule has 2 heterocycles. The van der Waals surface area contributed by atoms with Gasteiger partial charge in [0.15, 0.2) is 0 Å². The lowest BCUT2D eigenvalue weighted by Crippen LogP contribution is -2.49. The fourth-order valence-electron chi connectivity index (χ4n) is 6.31. The van der Waals surface area contributed by atoms with Crippen molar-refractivity contribution in [1.82, 2.24) is 0 Å². The second kappa shape index (κ2) is 14.3. The van der Waals surface area contributed by atoms with Crippen LogP contribution >= 0.6 is 22.7 Å². The molecule has 0 amide bonds. The summed E-state index contributed by atoms with van der Waals surface area (Å²) in [5.41, 5.74) is -0.407. The Kier molecular flexibility index (Phi) is 10.2.